The molecule has 0 unspecified atom stereocenters. The minimum Gasteiger partial charge on any atom is -0.435 e. The summed E-state index contributed by atoms with van der Waals surface area (Å²) in [5, 5.41) is 5.37. The molecule has 2 aromatic carbocycles. The van der Waals surface area contributed by atoms with E-state index in [1.807, 2.05) is 29.6 Å². The van der Waals surface area contributed by atoms with Gasteiger partial charge in [0, 0.05) is 16.6 Å². The zero-order valence-electron chi connectivity index (χ0n) is 14.6. The van der Waals surface area contributed by atoms with E-state index in [2.05, 4.69) is 22.0 Å². The monoisotopic (exact) mass is 388 g/mol. The first-order valence-corrected chi connectivity index (χ1v) is 9.30. The fourth-order valence-corrected chi connectivity index (χ4v) is 3.30. The second kappa shape index (κ2) is 8.73. The average Bonchev–Trinajstić information content (AvgIpc) is 3.11. The Morgan fingerprint density at radius 2 is 1.85 bits per heavy atom. The number of benzene rings is 2. The molecule has 1 aromatic heterocycles. The number of carbonyl (C=O) groups is 1. The Morgan fingerprint density at radius 3 is 2.48 bits per heavy atom. The molecule has 1 N–H and O–H groups in total. The van der Waals surface area contributed by atoms with Crippen molar-refractivity contribution in [2.45, 2.75) is 26.4 Å². The van der Waals surface area contributed by atoms with Crippen molar-refractivity contribution in [3.63, 3.8) is 0 Å². The Bertz CT molecular complexity index is 893. The van der Waals surface area contributed by atoms with E-state index in [9.17, 15) is 13.6 Å². The van der Waals surface area contributed by atoms with Crippen LogP contribution in [-0.4, -0.2) is 17.5 Å². The van der Waals surface area contributed by atoms with Crippen LogP contribution in [0.1, 0.15) is 17.5 Å². The molecular weight excluding hydrogens is 370 g/mol. The lowest BCUT2D eigenvalue weighted by molar-refractivity contribution is -0.115. The molecule has 3 aromatic rings. The molecule has 1 amide bonds. The molecule has 0 saturated carbocycles. The first kappa shape index (κ1) is 19.0. The fourth-order valence-electron chi connectivity index (χ4n) is 2.50. The van der Waals surface area contributed by atoms with Crippen molar-refractivity contribution in [3.8, 4) is 17.0 Å². The molecule has 140 valence electrons. The van der Waals surface area contributed by atoms with Crippen molar-refractivity contribution in [1.82, 2.24) is 4.98 Å². The van der Waals surface area contributed by atoms with Gasteiger partial charge in [-0.3, -0.25) is 4.79 Å². The number of halogens is 2. The van der Waals surface area contributed by atoms with Crippen LogP contribution in [0, 0.1) is 0 Å². The molecule has 27 heavy (non-hydrogen) atoms. The maximum atomic E-state index is 12.2. The highest BCUT2D eigenvalue weighted by Crippen LogP contribution is 2.25. The van der Waals surface area contributed by atoms with Gasteiger partial charge in [-0.1, -0.05) is 19.1 Å². The van der Waals surface area contributed by atoms with Gasteiger partial charge in [0.05, 0.1) is 12.1 Å². The molecule has 0 radical (unpaired) electrons. The zero-order chi connectivity index (χ0) is 19.2. The number of alkyl halides is 2. The quantitative estimate of drug-likeness (QED) is 0.609. The minimum atomic E-state index is -2.85. The molecule has 3 rings (SSSR count). The van der Waals surface area contributed by atoms with Gasteiger partial charge in [0.15, 0.2) is 0 Å². The second-order valence-electron chi connectivity index (χ2n) is 5.80. The van der Waals surface area contributed by atoms with Gasteiger partial charge in [0.1, 0.15) is 10.8 Å². The summed E-state index contributed by atoms with van der Waals surface area (Å²) in [5.74, 6) is -0.0431. The largest absolute Gasteiger partial charge is 0.435 e. The highest BCUT2D eigenvalue weighted by atomic mass is 32.1. The number of thiazole rings is 1. The number of hydrogen-bond acceptors (Lipinski definition) is 4. The van der Waals surface area contributed by atoms with E-state index in [0.717, 1.165) is 17.7 Å². The summed E-state index contributed by atoms with van der Waals surface area (Å²) >= 11 is 1.38. The Kier molecular flexibility index (Phi) is 6.13. The maximum absolute atomic E-state index is 12.2. The lowest BCUT2D eigenvalue weighted by Gasteiger charge is -2.05. The second-order valence-corrected chi connectivity index (χ2v) is 6.75. The van der Waals surface area contributed by atoms with Crippen LogP contribution in [0.3, 0.4) is 0 Å². The smallest absolute Gasteiger partial charge is 0.387 e. The number of aryl methyl sites for hydroxylation is 1. The first-order valence-electron chi connectivity index (χ1n) is 8.42. The molecular formula is C20H18F2N2O2S. The third-order valence-corrected chi connectivity index (χ3v) is 4.73. The number of rotatable bonds is 7. The van der Waals surface area contributed by atoms with Crippen LogP contribution in [0.4, 0.5) is 14.5 Å². The summed E-state index contributed by atoms with van der Waals surface area (Å²) in [4.78, 5) is 16.6. The standard InChI is InChI=1S/C20H18F2N2O2S/c1-2-13-3-7-15(8-4-13)23-18(25)11-19-24-17(12-27-19)14-5-9-16(10-6-14)26-20(21)22/h3-10,12,20H,2,11H2,1H3,(H,23,25). The Labute approximate surface area is 159 Å². The van der Waals surface area contributed by atoms with Crippen LogP contribution in [0.25, 0.3) is 11.3 Å². The third kappa shape index (κ3) is 5.34. The van der Waals surface area contributed by atoms with Crippen LogP contribution in [0.5, 0.6) is 5.75 Å². The topological polar surface area (TPSA) is 51.2 Å². The van der Waals surface area contributed by atoms with E-state index in [1.165, 1.54) is 29.0 Å². The normalized spacial score (nSPS) is 10.8. The first-order chi connectivity index (χ1) is 13.0. The number of amides is 1. The van der Waals surface area contributed by atoms with Crippen molar-refractivity contribution >= 4 is 22.9 Å². The van der Waals surface area contributed by atoms with E-state index in [4.69, 9.17) is 0 Å². The fraction of sp³-hybridized carbons (Fsp3) is 0.200. The van der Waals surface area contributed by atoms with E-state index < -0.39 is 6.61 Å². The summed E-state index contributed by atoms with van der Waals surface area (Å²) in [7, 11) is 0. The van der Waals surface area contributed by atoms with Gasteiger partial charge in [-0.05, 0) is 48.4 Å². The average molecular weight is 388 g/mol. The number of nitrogens with one attached hydrogen (secondary N) is 1. The highest BCUT2D eigenvalue weighted by Gasteiger charge is 2.10. The highest BCUT2D eigenvalue weighted by molar-refractivity contribution is 7.10. The molecule has 7 heteroatoms. The predicted octanol–water partition coefficient (Wildman–Crippen LogP) is 5.16. The lowest BCUT2D eigenvalue weighted by atomic mass is 10.1. The minimum absolute atomic E-state index is 0.0951. The van der Waals surface area contributed by atoms with Crippen LogP contribution < -0.4 is 10.1 Å². The number of carbonyl (C=O) groups excluding carboxylic acids is 1. The van der Waals surface area contributed by atoms with Crippen molar-refractivity contribution in [3.05, 3.63) is 64.5 Å². The van der Waals surface area contributed by atoms with Gasteiger partial charge < -0.3 is 10.1 Å². The van der Waals surface area contributed by atoms with Crippen molar-refractivity contribution < 1.29 is 18.3 Å². The van der Waals surface area contributed by atoms with Crippen LogP contribution in [0.2, 0.25) is 0 Å². The zero-order valence-corrected chi connectivity index (χ0v) is 15.4. The molecule has 1 heterocycles. The summed E-state index contributed by atoms with van der Waals surface area (Å²) < 4.78 is 28.7. The van der Waals surface area contributed by atoms with Crippen molar-refractivity contribution in [2.24, 2.45) is 0 Å². The summed E-state index contributed by atoms with van der Waals surface area (Å²) in [6.07, 6.45) is 1.12. The van der Waals surface area contributed by atoms with Gasteiger partial charge in [-0.25, -0.2) is 4.98 Å². The van der Waals surface area contributed by atoms with E-state index in [-0.39, 0.29) is 18.1 Å². The van der Waals surface area contributed by atoms with Crippen LogP contribution in [-0.2, 0) is 17.6 Å². The summed E-state index contributed by atoms with van der Waals surface area (Å²) in [6, 6.07) is 14.0. The molecule has 0 aliphatic rings. The summed E-state index contributed by atoms with van der Waals surface area (Å²) in [5.41, 5.74) is 3.43. The van der Waals surface area contributed by atoms with Crippen LogP contribution in [0.15, 0.2) is 53.9 Å². The van der Waals surface area contributed by atoms with Gasteiger partial charge >= 0.3 is 6.61 Å². The number of anilines is 1. The van der Waals surface area contributed by atoms with Gasteiger partial charge in [0.2, 0.25) is 5.91 Å². The molecule has 4 nitrogen and oxygen atoms in total. The van der Waals surface area contributed by atoms with Gasteiger partial charge in [0.25, 0.3) is 0 Å². The molecule has 0 aliphatic heterocycles. The molecule has 0 bridgehead atoms. The van der Waals surface area contributed by atoms with Gasteiger partial charge in [-0.15, -0.1) is 11.3 Å². The Morgan fingerprint density at radius 1 is 1.15 bits per heavy atom. The maximum Gasteiger partial charge on any atom is 0.387 e. The van der Waals surface area contributed by atoms with Crippen LogP contribution >= 0.6 is 11.3 Å². The molecule has 0 fully saturated rings. The number of aromatic nitrogens is 1. The Balaban J connectivity index is 1.60. The lowest BCUT2D eigenvalue weighted by Crippen LogP contribution is -2.14. The van der Waals surface area contributed by atoms with Crippen molar-refractivity contribution in [2.75, 3.05) is 5.32 Å². The summed E-state index contributed by atoms with van der Waals surface area (Å²) in [6.45, 7) is -0.772. The van der Waals surface area contributed by atoms with E-state index >= 15 is 0 Å². The number of ether oxygens (including phenoxy) is 1. The number of nitrogens with zero attached hydrogens (tertiary/aromatic N) is 1. The van der Waals surface area contributed by atoms with Gasteiger partial charge in [-0.2, -0.15) is 8.78 Å². The molecule has 0 atom stereocenters. The molecule has 0 saturated heterocycles. The van der Waals surface area contributed by atoms with E-state index in [0.29, 0.717) is 10.7 Å². The van der Waals surface area contributed by atoms with Crippen molar-refractivity contribution in [1.29, 1.82) is 0 Å². The molecule has 0 spiro atoms. The number of hydrogen-bond donors (Lipinski definition) is 1. The predicted molar refractivity (Wildman–Crippen MR) is 102 cm³/mol. The third-order valence-electron chi connectivity index (χ3n) is 3.88. The SMILES string of the molecule is CCc1ccc(NC(=O)Cc2nc(-c3ccc(OC(F)F)cc3)cs2)cc1. The Hall–Kier alpha value is -2.80. The van der Waals surface area contributed by atoms with E-state index in [1.54, 1.807) is 12.1 Å². The molecule has 0 aliphatic carbocycles.